The van der Waals surface area contributed by atoms with Crippen molar-refractivity contribution in [2.45, 2.75) is 6.42 Å². The quantitative estimate of drug-likeness (QED) is 0.758. The van der Waals surface area contributed by atoms with Gasteiger partial charge in [0.05, 0.1) is 25.3 Å². The van der Waals surface area contributed by atoms with E-state index in [1.807, 2.05) is 12.1 Å². The van der Waals surface area contributed by atoms with E-state index in [-0.39, 0.29) is 0 Å². The van der Waals surface area contributed by atoms with E-state index < -0.39 is 0 Å². The van der Waals surface area contributed by atoms with Gasteiger partial charge in [-0.15, -0.1) is 0 Å². The van der Waals surface area contributed by atoms with Gasteiger partial charge in [-0.2, -0.15) is 0 Å². The summed E-state index contributed by atoms with van der Waals surface area (Å²) in [6.45, 7) is 1.93. The minimum atomic E-state index is 0.686. The summed E-state index contributed by atoms with van der Waals surface area (Å²) >= 11 is 0. The first-order valence-electron chi connectivity index (χ1n) is 6.64. The van der Waals surface area contributed by atoms with Crippen LogP contribution in [-0.4, -0.2) is 56.3 Å². The molecule has 0 radical (unpaired) electrons. The van der Waals surface area contributed by atoms with Crippen LogP contribution in [0.3, 0.4) is 0 Å². The van der Waals surface area contributed by atoms with E-state index in [0.29, 0.717) is 11.5 Å². The number of H-pyrrole nitrogens is 1. The molecule has 6 heteroatoms. The first kappa shape index (κ1) is 14.5. The van der Waals surface area contributed by atoms with E-state index in [2.05, 4.69) is 34.3 Å². The molecule has 2 aromatic rings. The highest BCUT2D eigenvalue weighted by atomic mass is 16.5. The highest BCUT2D eigenvalue weighted by Crippen LogP contribution is 2.31. The average Bonchev–Trinajstić information content (AvgIpc) is 2.83. The predicted molar refractivity (Wildman–Crippen MR) is 80.9 cm³/mol. The summed E-state index contributed by atoms with van der Waals surface area (Å²) in [5, 5.41) is 3.29. The Bertz CT molecular complexity index is 525. The lowest BCUT2D eigenvalue weighted by atomic mass is 10.3. The number of nitrogens with one attached hydrogen (secondary N) is 2. The van der Waals surface area contributed by atoms with Crippen molar-refractivity contribution in [3.8, 4) is 11.5 Å². The summed E-state index contributed by atoms with van der Waals surface area (Å²) in [5.74, 6) is 2.16. The molecule has 0 aliphatic carbocycles. The van der Waals surface area contributed by atoms with Gasteiger partial charge in [-0.1, -0.05) is 0 Å². The highest BCUT2D eigenvalue weighted by molar-refractivity contribution is 5.81. The van der Waals surface area contributed by atoms with Gasteiger partial charge in [0.15, 0.2) is 11.5 Å². The fourth-order valence-electron chi connectivity index (χ4n) is 2.02. The molecule has 0 aliphatic rings. The third-order valence-corrected chi connectivity index (χ3v) is 3.06. The van der Waals surface area contributed by atoms with Crippen LogP contribution >= 0.6 is 0 Å². The third kappa shape index (κ3) is 3.33. The van der Waals surface area contributed by atoms with Crippen molar-refractivity contribution in [3.05, 3.63) is 12.1 Å². The zero-order valence-corrected chi connectivity index (χ0v) is 12.5. The van der Waals surface area contributed by atoms with Crippen molar-refractivity contribution >= 4 is 17.0 Å². The zero-order chi connectivity index (χ0) is 14.5. The van der Waals surface area contributed by atoms with Crippen LogP contribution in [0, 0.1) is 0 Å². The van der Waals surface area contributed by atoms with Crippen LogP contribution < -0.4 is 14.8 Å². The smallest absolute Gasteiger partial charge is 0.201 e. The second-order valence-corrected chi connectivity index (χ2v) is 4.89. The molecular weight excluding hydrogens is 256 g/mol. The lowest BCUT2D eigenvalue weighted by Gasteiger charge is -2.08. The van der Waals surface area contributed by atoms with Crippen LogP contribution in [0.1, 0.15) is 6.42 Å². The van der Waals surface area contributed by atoms with E-state index in [4.69, 9.17) is 9.47 Å². The monoisotopic (exact) mass is 278 g/mol. The normalized spacial score (nSPS) is 11.1. The molecule has 0 atom stereocenters. The number of hydrogen-bond acceptors (Lipinski definition) is 5. The molecule has 1 aromatic heterocycles. The highest BCUT2D eigenvalue weighted by Gasteiger charge is 2.09. The van der Waals surface area contributed by atoms with Crippen molar-refractivity contribution in [1.82, 2.24) is 14.9 Å². The number of methoxy groups -OCH3 is 2. The summed E-state index contributed by atoms with van der Waals surface area (Å²) in [6.07, 6.45) is 1.07. The molecule has 0 unspecified atom stereocenters. The van der Waals surface area contributed by atoms with Gasteiger partial charge in [0, 0.05) is 18.7 Å². The number of anilines is 1. The minimum Gasteiger partial charge on any atom is -0.493 e. The number of rotatable bonds is 7. The summed E-state index contributed by atoms with van der Waals surface area (Å²) in [7, 11) is 7.39. The summed E-state index contributed by atoms with van der Waals surface area (Å²) in [4.78, 5) is 9.90. The average molecular weight is 278 g/mol. The van der Waals surface area contributed by atoms with Crippen LogP contribution in [0.15, 0.2) is 12.1 Å². The molecular formula is C14H22N4O2. The molecule has 0 saturated heterocycles. The molecule has 0 amide bonds. The van der Waals surface area contributed by atoms with Crippen LogP contribution in [-0.2, 0) is 0 Å². The molecule has 0 spiro atoms. The molecule has 1 aromatic carbocycles. The Labute approximate surface area is 119 Å². The first-order chi connectivity index (χ1) is 9.63. The van der Waals surface area contributed by atoms with Crippen molar-refractivity contribution < 1.29 is 9.47 Å². The number of nitrogens with zero attached hydrogens (tertiary/aromatic N) is 2. The maximum atomic E-state index is 5.28. The number of ether oxygens (including phenoxy) is 2. The maximum Gasteiger partial charge on any atom is 0.201 e. The summed E-state index contributed by atoms with van der Waals surface area (Å²) in [5.41, 5.74) is 1.79. The number of imidazole rings is 1. The van der Waals surface area contributed by atoms with E-state index in [1.54, 1.807) is 14.2 Å². The maximum absolute atomic E-state index is 5.28. The molecule has 0 saturated carbocycles. The van der Waals surface area contributed by atoms with Gasteiger partial charge < -0.3 is 24.7 Å². The SMILES string of the molecule is COc1cc2nc(NCCCN(C)C)[nH]c2cc1OC. The summed E-state index contributed by atoms with van der Waals surface area (Å²) < 4.78 is 10.6. The van der Waals surface area contributed by atoms with Crippen LogP contribution in [0.2, 0.25) is 0 Å². The van der Waals surface area contributed by atoms with Gasteiger partial charge in [0.25, 0.3) is 0 Å². The molecule has 2 N–H and O–H groups in total. The van der Waals surface area contributed by atoms with E-state index >= 15 is 0 Å². The largest absolute Gasteiger partial charge is 0.493 e. The number of aromatic nitrogens is 2. The minimum absolute atomic E-state index is 0.686. The lowest BCUT2D eigenvalue weighted by molar-refractivity contribution is 0.356. The Morgan fingerprint density at radius 1 is 1.20 bits per heavy atom. The summed E-state index contributed by atoms with van der Waals surface area (Å²) in [6, 6.07) is 3.77. The van der Waals surface area contributed by atoms with E-state index in [1.165, 1.54) is 0 Å². The van der Waals surface area contributed by atoms with Gasteiger partial charge in [0.1, 0.15) is 0 Å². The molecule has 6 nitrogen and oxygen atoms in total. The van der Waals surface area contributed by atoms with E-state index in [9.17, 15) is 0 Å². The van der Waals surface area contributed by atoms with Crippen LogP contribution in [0.25, 0.3) is 11.0 Å². The Morgan fingerprint density at radius 3 is 2.55 bits per heavy atom. The Hall–Kier alpha value is -1.95. The van der Waals surface area contributed by atoms with E-state index in [0.717, 1.165) is 36.5 Å². The molecule has 110 valence electrons. The number of benzene rings is 1. The molecule has 1 heterocycles. The predicted octanol–water partition coefficient (Wildman–Crippen LogP) is 1.94. The number of aromatic amines is 1. The Morgan fingerprint density at radius 2 is 1.90 bits per heavy atom. The fourth-order valence-corrected chi connectivity index (χ4v) is 2.02. The van der Waals surface area contributed by atoms with Crippen molar-refractivity contribution in [1.29, 1.82) is 0 Å². The standard InChI is InChI=1S/C14H22N4O2/c1-18(2)7-5-6-15-14-16-10-8-12(19-3)13(20-4)9-11(10)17-14/h8-9H,5-7H2,1-4H3,(H2,15,16,17). The van der Waals surface area contributed by atoms with Gasteiger partial charge in [-0.05, 0) is 27.1 Å². The topological polar surface area (TPSA) is 62.4 Å². The van der Waals surface area contributed by atoms with Crippen molar-refractivity contribution in [3.63, 3.8) is 0 Å². The van der Waals surface area contributed by atoms with Gasteiger partial charge in [-0.25, -0.2) is 4.98 Å². The third-order valence-electron chi connectivity index (χ3n) is 3.06. The van der Waals surface area contributed by atoms with Gasteiger partial charge >= 0.3 is 0 Å². The van der Waals surface area contributed by atoms with Crippen LogP contribution in [0.4, 0.5) is 5.95 Å². The zero-order valence-electron chi connectivity index (χ0n) is 12.5. The van der Waals surface area contributed by atoms with Crippen molar-refractivity contribution in [2.75, 3.05) is 46.7 Å². The Balaban J connectivity index is 2.08. The molecule has 20 heavy (non-hydrogen) atoms. The fraction of sp³-hybridized carbons (Fsp3) is 0.500. The molecule has 0 bridgehead atoms. The molecule has 0 fully saturated rings. The van der Waals surface area contributed by atoms with Gasteiger partial charge in [-0.3, -0.25) is 0 Å². The van der Waals surface area contributed by atoms with Gasteiger partial charge in [0.2, 0.25) is 5.95 Å². The second kappa shape index (κ2) is 6.47. The second-order valence-electron chi connectivity index (χ2n) is 4.89. The molecule has 0 aliphatic heterocycles. The number of fused-ring (bicyclic) bond motifs is 1. The lowest BCUT2D eigenvalue weighted by Crippen LogP contribution is -2.16. The van der Waals surface area contributed by atoms with Crippen molar-refractivity contribution in [2.24, 2.45) is 0 Å². The van der Waals surface area contributed by atoms with Crippen LogP contribution in [0.5, 0.6) is 11.5 Å². The number of hydrogen-bond donors (Lipinski definition) is 2. The molecule has 2 rings (SSSR count). The Kier molecular flexibility index (Phi) is 4.68. The first-order valence-corrected chi connectivity index (χ1v) is 6.64.